The Hall–Kier alpha value is -2.41. The Morgan fingerprint density at radius 2 is 1.88 bits per heavy atom. The summed E-state index contributed by atoms with van der Waals surface area (Å²) >= 11 is 0. The number of carbonyl (C=O) groups is 1. The Bertz CT molecular complexity index is 880. The molecule has 0 aliphatic heterocycles. The van der Waals surface area contributed by atoms with Crippen molar-refractivity contribution in [2.75, 3.05) is 6.54 Å². The van der Waals surface area contributed by atoms with E-state index >= 15 is 0 Å². The van der Waals surface area contributed by atoms with Gasteiger partial charge in [-0.15, -0.1) is 0 Å². The number of hydrogen-bond donors (Lipinski definition) is 3. The summed E-state index contributed by atoms with van der Waals surface area (Å²) in [5.41, 5.74) is 5.22. The molecule has 1 amide bonds. The number of amides is 1. The number of hydrogen-bond acceptors (Lipinski definition) is 4. The zero-order chi connectivity index (χ0) is 18.5. The van der Waals surface area contributed by atoms with E-state index in [1.54, 1.807) is 24.3 Å². The number of nitrogens with zero attached hydrogens (tertiary/aromatic N) is 1. The van der Waals surface area contributed by atoms with Gasteiger partial charge in [-0.05, 0) is 30.9 Å². The van der Waals surface area contributed by atoms with Crippen LogP contribution in [0.1, 0.15) is 38.5 Å². The second kappa shape index (κ2) is 8.31. The largest absolute Gasteiger partial charge is 0.352 e. The molecule has 1 aromatic carbocycles. The maximum atomic E-state index is 12.5. The van der Waals surface area contributed by atoms with Crippen LogP contribution in [-0.4, -0.2) is 28.3 Å². The topological polar surface area (TPSA) is 110 Å². The molecule has 7 heteroatoms. The number of aromatic nitrogens is 2. The van der Waals surface area contributed by atoms with Crippen molar-refractivity contribution in [3.05, 3.63) is 45.0 Å². The highest BCUT2D eigenvalue weighted by Crippen LogP contribution is 2.26. The van der Waals surface area contributed by atoms with E-state index in [2.05, 4.69) is 10.4 Å². The minimum Gasteiger partial charge on any atom is -0.352 e. The van der Waals surface area contributed by atoms with Crippen LogP contribution in [0.4, 0.5) is 0 Å². The van der Waals surface area contributed by atoms with Crippen molar-refractivity contribution in [2.45, 2.75) is 51.1 Å². The number of rotatable bonds is 6. The minimum atomic E-state index is -0.331. The van der Waals surface area contributed by atoms with Crippen LogP contribution in [0.2, 0.25) is 0 Å². The van der Waals surface area contributed by atoms with Gasteiger partial charge in [0.05, 0.1) is 17.3 Å². The quantitative estimate of drug-likeness (QED) is 0.718. The van der Waals surface area contributed by atoms with Crippen molar-refractivity contribution in [2.24, 2.45) is 11.7 Å². The zero-order valence-corrected chi connectivity index (χ0v) is 14.9. The fraction of sp³-hybridized carbons (Fsp3) is 0.526. The lowest BCUT2D eigenvalue weighted by atomic mass is 9.84. The number of nitrogens with two attached hydrogens (primary N) is 1. The molecule has 0 spiro atoms. The summed E-state index contributed by atoms with van der Waals surface area (Å²) in [6.45, 7) is 0.551. The van der Waals surface area contributed by atoms with E-state index in [0.717, 1.165) is 12.8 Å². The summed E-state index contributed by atoms with van der Waals surface area (Å²) in [6, 6.07) is 6.65. The maximum absolute atomic E-state index is 12.5. The lowest BCUT2D eigenvalue weighted by Crippen LogP contribution is -2.46. The molecular formula is C19H26N4O3. The number of carbonyl (C=O) groups excluding carboxylic acids is 1. The van der Waals surface area contributed by atoms with Crippen LogP contribution >= 0.6 is 0 Å². The Balaban J connectivity index is 1.66. The average molecular weight is 358 g/mol. The van der Waals surface area contributed by atoms with Crippen molar-refractivity contribution in [3.63, 3.8) is 0 Å². The fourth-order valence-corrected chi connectivity index (χ4v) is 3.80. The van der Waals surface area contributed by atoms with E-state index in [1.165, 1.54) is 23.9 Å². The summed E-state index contributed by atoms with van der Waals surface area (Å²) in [6.07, 6.45) is 5.94. The van der Waals surface area contributed by atoms with Gasteiger partial charge in [-0.3, -0.25) is 19.5 Å². The Morgan fingerprint density at radius 3 is 2.58 bits per heavy atom. The fourth-order valence-electron chi connectivity index (χ4n) is 3.80. The number of fused-ring (bicyclic) bond motifs is 1. The molecule has 1 saturated carbocycles. The van der Waals surface area contributed by atoms with Crippen molar-refractivity contribution in [1.29, 1.82) is 0 Å². The maximum Gasteiger partial charge on any atom is 0.273 e. The summed E-state index contributed by atoms with van der Waals surface area (Å²) in [7, 11) is 0. The van der Waals surface area contributed by atoms with Gasteiger partial charge in [0.15, 0.2) is 0 Å². The Kier molecular flexibility index (Phi) is 5.88. The molecule has 1 aliphatic rings. The van der Waals surface area contributed by atoms with Gasteiger partial charge < -0.3 is 11.1 Å². The summed E-state index contributed by atoms with van der Waals surface area (Å²) < 4.78 is 1.21. The van der Waals surface area contributed by atoms with E-state index in [-0.39, 0.29) is 36.0 Å². The van der Waals surface area contributed by atoms with Crippen LogP contribution in [-0.2, 0) is 11.3 Å². The highest BCUT2D eigenvalue weighted by Gasteiger charge is 2.23. The minimum absolute atomic E-state index is 0.0184. The van der Waals surface area contributed by atoms with Crippen LogP contribution in [0, 0.1) is 5.92 Å². The molecule has 26 heavy (non-hydrogen) atoms. The van der Waals surface area contributed by atoms with E-state index in [0.29, 0.717) is 23.2 Å². The molecule has 140 valence electrons. The molecule has 3 rings (SSSR count). The standard InChI is InChI=1S/C19H26N4O3/c20-12-16(13-6-2-1-3-7-13)21-17(24)10-11-23-19(26)15-9-5-4-8-14(15)18(25)22-23/h4-5,8-9,13,16H,1-3,6-7,10-12,20H2,(H,21,24)(H,22,25). The van der Waals surface area contributed by atoms with E-state index in [4.69, 9.17) is 5.73 Å². The zero-order valence-electron chi connectivity index (χ0n) is 14.9. The van der Waals surface area contributed by atoms with Crippen LogP contribution in [0.5, 0.6) is 0 Å². The van der Waals surface area contributed by atoms with Gasteiger partial charge in [-0.2, -0.15) is 0 Å². The molecule has 1 fully saturated rings. The van der Waals surface area contributed by atoms with E-state index in [9.17, 15) is 14.4 Å². The van der Waals surface area contributed by atoms with E-state index < -0.39 is 0 Å². The first-order chi connectivity index (χ1) is 12.6. The van der Waals surface area contributed by atoms with Crippen molar-refractivity contribution < 1.29 is 4.79 Å². The Morgan fingerprint density at radius 1 is 1.19 bits per heavy atom. The number of aryl methyl sites for hydroxylation is 1. The van der Waals surface area contributed by atoms with Crippen LogP contribution in [0.25, 0.3) is 10.8 Å². The molecule has 1 atom stereocenters. The summed E-state index contributed by atoms with van der Waals surface area (Å²) in [5.74, 6) is 0.285. The number of H-pyrrole nitrogens is 1. The van der Waals surface area contributed by atoms with E-state index in [1.807, 2.05) is 0 Å². The molecule has 7 nitrogen and oxygen atoms in total. The SMILES string of the molecule is NCC(NC(=O)CCn1[nH]c(=O)c2ccccc2c1=O)C1CCCCC1. The molecule has 1 aromatic heterocycles. The van der Waals surface area contributed by atoms with Gasteiger partial charge in [0.1, 0.15) is 0 Å². The molecule has 1 unspecified atom stereocenters. The highest BCUT2D eigenvalue weighted by molar-refractivity contribution is 5.80. The predicted octanol–water partition coefficient (Wildman–Crippen LogP) is 1.10. The van der Waals surface area contributed by atoms with Crippen molar-refractivity contribution in [3.8, 4) is 0 Å². The van der Waals surface area contributed by atoms with Gasteiger partial charge in [-0.1, -0.05) is 31.4 Å². The molecule has 1 aliphatic carbocycles. The van der Waals surface area contributed by atoms with Crippen LogP contribution in [0.3, 0.4) is 0 Å². The first kappa shape index (κ1) is 18.4. The number of aromatic amines is 1. The summed E-state index contributed by atoms with van der Waals surface area (Å²) in [5, 5.41) is 6.27. The van der Waals surface area contributed by atoms with Gasteiger partial charge in [0, 0.05) is 19.0 Å². The van der Waals surface area contributed by atoms with Crippen LogP contribution < -0.4 is 22.2 Å². The monoisotopic (exact) mass is 358 g/mol. The third-order valence-electron chi connectivity index (χ3n) is 5.27. The normalized spacial score (nSPS) is 16.5. The highest BCUT2D eigenvalue weighted by atomic mass is 16.2. The first-order valence-corrected chi connectivity index (χ1v) is 9.31. The van der Waals surface area contributed by atoms with Crippen LogP contribution in [0.15, 0.2) is 33.9 Å². The molecule has 2 aromatic rings. The van der Waals surface area contributed by atoms with Crippen molar-refractivity contribution in [1.82, 2.24) is 15.1 Å². The number of nitrogens with one attached hydrogen (secondary N) is 2. The molecule has 1 heterocycles. The lowest BCUT2D eigenvalue weighted by molar-refractivity contribution is -0.122. The molecular weight excluding hydrogens is 332 g/mol. The third-order valence-corrected chi connectivity index (χ3v) is 5.27. The molecule has 0 saturated heterocycles. The summed E-state index contributed by atoms with van der Waals surface area (Å²) in [4.78, 5) is 36.9. The molecule has 4 N–H and O–H groups in total. The second-order valence-corrected chi connectivity index (χ2v) is 7.00. The van der Waals surface area contributed by atoms with Gasteiger partial charge in [0.25, 0.3) is 11.1 Å². The predicted molar refractivity (Wildman–Crippen MR) is 101 cm³/mol. The third kappa shape index (κ3) is 4.04. The second-order valence-electron chi connectivity index (χ2n) is 7.00. The molecule has 0 radical (unpaired) electrons. The lowest BCUT2D eigenvalue weighted by Gasteiger charge is -2.30. The van der Waals surface area contributed by atoms with Crippen molar-refractivity contribution >= 4 is 16.7 Å². The first-order valence-electron chi connectivity index (χ1n) is 9.31. The van der Waals surface area contributed by atoms with Gasteiger partial charge in [0.2, 0.25) is 5.91 Å². The number of benzene rings is 1. The van der Waals surface area contributed by atoms with Gasteiger partial charge >= 0.3 is 0 Å². The smallest absolute Gasteiger partial charge is 0.273 e. The average Bonchev–Trinajstić information content (AvgIpc) is 2.68. The molecule has 0 bridgehead atoms. The van der Waals surface area contributed by atoms with Gasteiger partial charge in [-0.25, -0.2) is 4.68 Å². The Labute approximate surface area is 151 Å².